The molecule has 1 aliphatic rings. The maximum absolute atomic E-state index is 4.52. The molecule has 1 aromatic heterocycles. The van der Waals surface area contributed by atoms with Crippen molar-refractivity contribution in [3.8, 4) is 0 Å². The van der Waals surface area contributed by atoms with Crippen LogP contribution in [0.15, 0.2) is 6.20 Å². The molecule has 4 heteroatoms. The molecule has 0 unspecified atom stereocenters. The number of aromatic nitrogens is 2. The molecule has 2 rings (SSSR count). The number of nitrogens with one attached hydrogen (secondary N) is 2. The maximum atomic E-state index is 4.52. The van der Waals surface area contributed by atoms with Gasteiger partial charge in [-0.05, 0) is 32.1 Å². The Labute approximate surface area is 103 Å². The summed E-state index contributed by atoms with van der Waals surface area (Å²) in [6.07, 6.45) is 5.47. The van der Waals surface area contributed by atoms with Crippen molar-refractivity contribution in [1.29, 1.82) is 0 Å². The summed E-state index contributed by atoms with van der Waals surface area (Å²) in [5.41, 5.74) is 1.12. The predicted molar refractivity (Wildman–Crippen MR) is 71.4 cm³/mol. The van der Waals surface area contributed by atoms with Crippen LogP contribution in [0.25, 0.3) is 0 Å². The number of nitrogens with zero attached hydrogens (tertiary/aromatic N) is 2. The number of hydrogen-bond donors (Lipinski definition) is 2. The van der Waals surface area contributed by atoms with E-state index in [1.54, 1.807) is 0 Å². The summed E-state index contributed by atoms with van der Waals surface area (Å²) in [6, 6.07) is 0.595. The van der Waals surface area contributed by atoms with Crippen molar-refractivity contribution in [2.24, 2.45) is 5.92 Å². The lowest BCUT2D eigenvalue weighted by Crippen LogP contribution is -2.34. The Morgan fingerprint density at radius 2 is 2.18 bits per heavy atom. The van der Waals surface area contributed by atoms with E-state index >= 15 is 0 Å². The van der Waals surface area contributed by atoms with Crippen LogP contribution in [0.5, 0.6) is 0 Å². The molecule has 1 aromatic rings. The molecule has 0 aliphatic heterocycles. The normalized spacial score (nSPS) is 23.0. The van der Waals surface area contributed by atoms with Gasteiger partial charge in [0.2, 0.25) is 5.95 Å². The van der Waals surface area contributed by atoms with E-state index in [-0.39, 0.29) is 0 Å². The van der Waals surface area contributed by atoms with E-state index in [1.807, 2.05) is 13.1 Å². The molecule has 1 aliphatic carbocycles. The van der Waals surface area contributed by atoms with Crippen LogP contribution < -0.4 is 10.6 Å². The summed E-state index contributed by atoms with van der Waals surface area (Å²) < 4.78 is 0. The third kappa shape index (κ3) is 3.08. The summed E-state index contributed by atoms with van der Waals surface area (Å²) in [4.78, 5) is 8.80. The topological polar surface area (TPSA) is 49.8 Å². The Hall–Kier alpha value is -1.32. The molecule has 0 spiro atoms. The highest BCUT2D eigenvalue weighted by atomic mass is 15.1. The molecule has 1 heterocycles. The van der Waals surface area contributed by atoms with E-state index in [4.69, 9.17) is 0 Å². The average Bonchev–Trinajstić information content (AvgIpc) is 2.28. The van der Waals surface area contributed by atoms with Crippen molar-refractivity contribution in [2.45, 2.75) is 46.1 Å². The molecular weight excluding hydrogens is 212 g/mol. The Bertz CT molecular complexity index is 372. The van der Waals surface area contributed by atoms with Gasteiger partial charge in [-0.15, -0.1) is 0 Å². The van der Waals surface area contributed by atoms with Gasteiger partial charge in [0.25, 0.3) is 0 Å². The first kappa shape index (κ1) is 12.1. The average molecular weight is 234 g/mol. The minimum atomic E-state index is 0.595. The molecular formula is C13H22N4. The fourth-order valence-corrected chi connectivity index (χ4v) is 2.12. The largest absolute Gasteiger partial charge is 0.367 e. The lowest BCUT2D eigenvalue weighted by atomic mass is 9.82. The van der Waals surface area contributed by atoms with E-state index in [0.717, 1.165) is 36.2 Å². The molecule has 17 heavy (non-hydrogen) atoms. The van der Waals surface area contributed by atoms with E-state index in [1.165, 1.54) is 12.8 Å². The Balaban J connectivity index is 1.99. The van der Waals surface area contributed by atoms with Gasteiger partial charge in [0.15, 0.2) is 0 Å². The molecule has 4 nitrogen and oxygen atoms in total. The van der Waals surface area contributed by atoms with Gasteiger partial charge in [-0.3, -0.25) is 0 Å². The van der Waals surface area contributed by atoms with Crippen molar-refractivity contribution < 1.29 is 0 Å². The number of hydrogen-bond acceptors (Lipinski definition) is 4. The number of aryl methyl sites for hydroxylation is 1. The second kappa shape index (κ2) is 5.34. The summed E-state index contributed by atoms with van der Waals surface area (Å²) in [5.74, 6) is 2.56. The van der Waals surface area contributed by atoms with Crippen molar-refractivity contribution in [3.63, 3.8) is 0 Å². The number of rotatable bonds is 5. The molecule has 0 atom stereocenters. The van der Waals surface area contributed by atoms with E-state index < -0.39 is 0 Å². The van der Waals surface area contributed by atoms with Gasteiger partial charge >= 0.3 is 0 Å². The van der Waals surface area contributed by atoms with Crippen LogP contribution in [0.4, 0.5) is 11.8 Å². The van der Waals surface area contributed by atoms with Crippen molar-refractivity contribution >= 4 is 11.8 Å². The van der Waals surface area contributed by atoms with Gasteiger partial charge in [-0.2, -0.15) is 4.98 Å². The molecule has 94 valence electrons. The zero-order chi connectivity index (χ0) is 12.3. The molecule has 2 N–H and O–H groups in total. The zero-order valence-electron chi connectivity index (χ0n) is 11.0. The monoisotopic (exact) mass is 234 g/mol. The first-order valence-corrected chi connectivity index (χ1v) is 6.53. The molecule has 0 radical (unpaired) electrons. The predicted octanol–water partition coefficient (Wildman–Crippen LogP) is 2.82. The van der Waals surface area contributed by atoms with Crippen LogP contribution in [-0.4, -0.2) is 22.6 Å². The Morgan fingerprint density at radius 3 is 2.82 bits per heavy atom. The third-order valence-corrected chi connectivity index (χ3v) is 3.22. The van der Waals surface area contributed by atoms with Crippen LogP contribution in [-0.2, 0) is 0 Å². The Kier molecular flexibility index (Phi) is 3.82. The highest BCUT2D eigenvalue weighted by Crippen LogP contribution is 2.29. The highest BCUT2D eigenvalue weighted by molar-refractivity contribution is 5.47. The van der Waals surface area contributed by atoms with Gasteiger partial charge in [0.1, 0.15) is 5.82 Å². The third-order valence-electron chi connectivity index (χ3n) is 3.22. The van der Waals surface area contributed by atoms with E-state index in [0.29, 0.717) is 6.04 Å². The fraction of sp³-hybridized carbons (Fsp3) is 0.692. The smallest absolute Gasteiger partial charge is 0.224 e. The second-order valence-corrected chi connectivity index (χ2v) is 5.07. The van der Waals surface area contributed by atoms with Crippen LogP contribution in [0.3, 0.4) is 0 Å². The number of anilines is 2. The van der Waals surface area contributed by atoms with Gasteiger partial charge in [-0.25, -0.2) is 4.98 Å². The van der Waals surface area contributed by atoms with E-state index in [9.17, 15) is 0 Å². The minimum absolute atomic E-state index is 0.595. The molecule has 1 saturated carbocycles. The molecule has 1 fully saturated rings. The minimum Gasteiger partial charge on any atom is -0.367 e. The first-order chi connectivity index (χ1) is 8.19. The van der Waals surface area contributed by atoms with Crippen LogP contribution in [0, 0.1) is 12.8 Å². The van der Waals surface area contributed by atoms with Crippen LogP contribution >= 0.6 is 0 Å². The lowest BCUT2D eigenvalue weighted by Gasteiger charge is -2.34. The molecule has 0 saturated heterocycles. The molecule has 0 bridgehead atoms. The SMILES string of the molecule is CCCNc1ncc(C)c(NC2CC(C)C2)n1. The van der Waals surface area contributed by atoms with Gasteiger partial charge in [-0.1, -0.05) is 13.8 Å². The Morgan fingerprint density at radius 1 is 1.41 bits per heavy atom. The lowest BCUT2D eigenvalue weighted by molar-refractivity contribution is 0.308. The van der Waals surface area contributed by atoms with Crippen molar-refractivity contribution in [2.75, 3.05) is 17.2 Å². The van der Waals surface area contributed by atoms with Crippen molar-refractivity contribution in [3.05, 3.63) is 11.8 Å². The molecule has 0 aromatic carbocycles. The van der Waals surface area contributed by atoms with Crippen molar-refractivity contribution in [1.82, 2.24) is 9.97 Å². The summed E-state index contributed by atoms with van der Waals surface area (Å²) in [6.45, 7) is 7.40. The van der Waals surface area contributed by atoms with Gasteiger partial charge in [0, 0.05) is 24.3 Å². The fourth-order valence-electron chi connectivity index (χ4n) is 2.12. The summed E-state index contributed by atoms with van der Waals surface area (Å²) in [7, 11) is 0. The summed E-state index contributed by atoms with van der Waals surface area (Å²) in [5, 5.41) is 6.72. The standard InChI is InChI=1S/C13H22N4/c1-4-5-14-13-15-8-10(3)12(17-13)16-11-6-9(2)7-11/h8-9,11H,4-7H2,1-3H3,(H2,14,15,16,17). The second-order valence-electron chi connectivity index (χ2n) is 5.07. The van der Waals surface area contributed by atoms with E-state index in [2.05, 4.69) is 34.4 Å². The van der Waals surface area contributed by atoms with Gasteiger partial charge in [0.05, 0.1) is 0 Å². The van der Waals surface area contributed by atoms with Crippen LogP contribution in [0.2, 0.25) is 0 Å². The maximum Gasteiger partial charge on any atom is 0.224 e. The zero-order valence-corrected chi connectivity index (χ0v) is 11.0. The van der Waals surface area contributed by atoms with Crippen LogP contribution in [0.1, 0.15) is 38.7 Å². The van der Waals surface area contributed by atoms with Gasteiger partial charge < -0.3 is 10.6 Å². The highest BCUT2D eigenvalue weighted by Gasteiger charge is 2.25. The molecule has 0 amide bonds. The quantitative estimate of drug-likeness (QED) is 0.822. The summed E-state index contributed by atoms with van der Waals surface area (Å²) >= 11 is 0. The first-order valence-electron chi connectivity index (χ1n) is 6.53.